The van der Waals surface area contributed by atoms with Crippen molar-refractivity contribution >= 4 is 38.7 Å². The second kappa shape index (κ2) is 8.22. The molecule has 0 aromatic heterocycles. The Morgan fingerprint density at radius 1 is 1.00 bits per heavy atom. The zero-order valence-electron chi connectivity index (χ0n) is 14.3. The summed E-state index contributed by atoms with van der Waals surface area (Å²) in [6, 6.07) is 15.2. The van der Waals surface area contributed by atoms with E-state index < -0.39 is 9.84 Å². The highest BCUT2D eigenvalue weighted by Gasteiger charge is 2.23. The Bertz CT molecular complexity index is 990. The van der Waals surface area contributed by atoms with E-state index in [9.17, 15) is 13.7 Å². The normalized spacial score (nSPS) is 15.5. The number of sulfone groups is 1. The summed E-state index contributed by atoms with van der Waals surface area (Å²) in [5.41, 5.74) is 1.03. The van der Waals surface area contributed by atoms with E-state index in [4.69, 9.17) is 23.2 Å². The number of nitriles is 1. The Balaban J connectivity index is 1.74. The number of allylic oxidation sites excluding steroid dienone is 1. The molecule has 3 rings (SSSR count). The zero-order chi connectivity index (χ0) is 19.4. The third-order valence-electron chi connectivity index (χ3n) is 4.31. The number of halogens is 2. The molecule has 0 amide bonds. The minimum absolute atomic E-state index is 0.0530. The largest absolute Gasteiger partial charge is 0.372 e. The molecule has 0 spiro atoms. The van der Waals surface area contributed by atoms with Gasteiger partial charge in [-0.1, -0.05) is 29.3 Å². The van der Waals surface area contributed by atoms with Crippen molar-refractivity contribution in [2.75, 3.05) is 31.1 Å². The van der Waals surface area contributed by atoms with Gasteiger partial charge in [0.2, 0.25) is 9.84 Å². The summed E-state index contributed by atoms with van der Waals surface area (Å²) in [7, 11) is -3.87. The molecule has 8 heteroatoms. The van der Waals surface area contributed by atoms with Gasteiger partial charge in [0.15, 0.2) is 4.91 Å². The van der Waals surface area contributed by atoms with Crippen LogP contribution in [0.1, 0.15) is 0 Å². The fourth-order valence-corrected chi connectivity index (χ4v) is 4.31. The highest BCUT2D eigenvalue weighted by Crippen LogP contribution is 2.23. The number of rotatable bonds is 4. The fraction of sp³-hybridized carbons (Fsp3) is 0.211. The first-order valence-electron chi connectivity index (χ1n) is 8.27. The molecule has 5 nitrogen and oxygen atoms in total. The monoisotopic (exact) mass is 421 g/mol. The summed E-state index contributed by atoms with van der Waals surface area (Å²) in [5.74, 6) is 0. The average Bonchev–Trinajstić information content (AvgIpc) is 2.67. The summed E-state index contributed by atoms with van der Waals surface area (Å²) in [5, 5.41) is 10.5. The Kier molecular flexibility index (Phi) is 5.95. The molecule has 0 aliphatic carbocycles. The first-order chi connectivity index (χ1) is 12.9. The van der Waals surface area contributed by atoms with Crippen LogP contribution >= 0.6 is 23.2 Å². The molecule has 0 bridgehead atoms. The van der Waals surface area contributed by atoms with Gasteiger partial charge in [0.1, 0.15) is 6.07 Å². The van der Waals surface area contributed by atoms with Crippen LogP contribution in [0.5, 0.6) is 0 Å². The quantitative estimate of drug-likeness (QED) is 0.699. The lowest BCUT2D eigenvalue weighted by atomic mass is 10.2. The van der Waals surface area contributed by atoms with Gasteiger partial charge in [-0.15, -0.1) is 0 Å². The summed E-state index contributed by atoms with van der Waals surface area (Å²) >= 11 is 11.9. The molecule has 0 radical (unpaired) electrons. The average molecular weight is 422 g/mol. The smallest absolute Gasteiger partial charge is 0.218 e. The van der Waals surface area contributed by atoms with Gasteiger partial charge in [0, 0.05) is 48.1 Å². The van der Waals surface area contributed by atoms with E-state index in [-0.39, 0.29) is 9.80 Å². The van der Waals surface area contributed by atoms with Crippen molar-refractivity contribution in [3.05, 3.63) is 69.7 Å². The molecule has 0 atom stereocenters. The lowest BCUT2D eigenvalue weighted by Crippen LogP contribution is -2.44. The molecule has 2 aromatic rings. The molecule has 140 valence electrons. The van der Waals surface area contributed by atoms with Gasteiger partial charge >= 0.3 is 0 Å². The molecule has 0 N–H and O–H groups in total. The van der Waals surface area contributed by atoms with Crippen molar-refractivity contribution in [3.63, 3.8) is 0 Å². The van der Waals surface area contributed by atoms with Crippen molar-refractivity contribution in [1.29, 1.82) is 5.26 Å². The van der Waals surface area contributed by atoms with Gasteiger partial charge < -0.3 is 9.80 Å². The minimum Gasteiger partial charge on any atom is -0.372 e. The minimum atomic E-state index is -3.87. The Hall–Kier alpha value is -2.20. The van der Waals surface area contributed by atoms with Crippen molar-refractivity contribution in [2.24, 2.45) is 0 Å². The SMILES string of the molecule is N#C/C(=C/N1CCN(c2cccc(Cl)c2)CC1)S(=O)(=O)c1ccc(Cl)cc1. The summed E-state index contributed by atoms with van der Waals surface area (Å²) in [4.78, 5) is 3.81. The third-order valence-corrected chi connectivity index (χ3v) is 6.47. The standard InChI is InChI=1S/C19H17Cl2N3O2S/c20-15-4-6-18(7-5-15)27(25,26)19(13-22)14-23-8-10-24(11-9-23)17-3-1-2-16(21)12-17/h1-7,12,14H,8-11H2/b19-14-. The highest BCUT2D eigenvalue weighted by atomic mass is 35.5. The lowest BCUT2D eigenvalue weighted by Gasteiger charge is -2.35. The first kappa shape index (κ1) is 19.6. The topological polar surface area (TPSA) is 64.4 Å². The zero-order valence-corrected chi connectivity index (χ0v) is 16.7. The van der Waals surface area contributed by atoms with Crippen LogP contribution in [0.3, 0.4) is 0 Å². The molecule has 1 heterocycles. The number of nitrogens with zero attached hydrogens (tertiary/aromatic N) is 3. The molecule has 1 fully saturated rings. The Morgan fingerprint density at radius 3 is 2.26 bits per heavy atom. The van der Waals surface area contributed by atoms with Crippen LogP contribution in [-0.4, -0.2) is 39.5 Å². The first-order valence-corrected chi connectivity index (χ1v) is 10.5. The van der Waals surface area contributed by atoms with Gasteiger partial charge in [-0.25, -0.2) is 8.42 Å². The summed E-state index contributed by atoms with van der Waals surface area (Å²) in [6.45, 7) is 2.62. The third kappa shape index (κ3) is 4.56. The highest BCUT2D eigenvalue weighted by molar-refractivity contribution is 7.95. The van der Waals surface area contributed by atoms with Crippen LogP contribution in [0.15, 0.2) is 64.5 Å². The van der Waals surface area contributed by atoms with E-state index in [1.54, 1.807) is 0 Å². The maximum absolute atomic E-state index is 12.7. The second-order valence-corrected chi connectivity index (χ2v) is 8.86. The molecule has 27 heavy (non-hydrogen) atoms. The molecule has 1 aliphatic heterocycles. The fourth-order valence-electron chi connectivity index (χ4n) is 2.85. The van der Waals surface area contributed by atoms with Crippen LogP contribution < -0.4 is 4.90 Å². The maximum atomic E-state index is 12.7. The number of hydrogen-bond acceptors (Lipinski definition) is 5. The van der Waals surface area contributed by atoms with Crippen molar-refractivity contribution in [2.45, 2.75) is 4.90 Å². The predicted octanol–water partition coefficient (Wildman–Crippen LogP) is 3.95. The second-order valence-electron chi connectivity index (χ2n) is 6.07. The van der Waals surface area contributed by atoms with E-state index in [1.165, 1.54) is 30.5 Å². The number of anilines is 1. The van der Waals surface area contributed by atoms with E-state index >= 15 is 0 Å². The summed E-state index contributed by atoms with van der Waals surface area (Å²) < 4.78 is 25.4. The number of benzene rings is 2. The van der Waals surface area contributed by atoms with Gasteiger partial charge in [0.05, 0.1) is 4.90 Å². The number of piperazine rings is 1. The van der Waals surface area contributed by atoms with Crippen molar-refractivity contribution < 1.29 is 8.42 Å². The van der Waals surface area contributed by atoms with Gasteiger partial charge in [-0.05, 0) is 42.5 Å². The van der Waals surface area contributed by atoms with E-state index in [1.807, 2.05) is 35.2 Å². The van der Waals surface area contributed by atoms with Crippen LogP contribution in [0.25, 0.3) is 0 Å². The van der Waals surface area contributed by atoms with Gasteiger partial charge in [-0.2, -0.15) is 5.26 Å². The number of hydrogen-bond donors (Lipinski definition) is 0. The molecule has 1 aliphatic rings. The molecule has 2 aromatic carbocycles. The summed E-state index contributed by atoms with van der Waals surface area (Å²) in [6.07, 6.45) is 1.43. The van der Waals surface area contributed by atoms with Crippen LogP contribution in [-0.2, 0) is 9.84 Å². The van der Waals surface area contributed by atoms with E-state index in [2.05, 4.69) is 4.90 Å². The molecular weight excluding hydrogens is 405 g/mol. The molecule has 0 unspecified atom stereocenters. The molecular formula is C19H17Cl2N3O2S. The van der Waals surface area contributed by atoms with Gasteiger partial charge in [0.25, 0.3) is 0 Å². The molecule has 0 saturated carbocycles. The maximum Gasteiger partial charge on any atom is 0.218 e. The van der Waals surface area contributed by atoms with Crippen molar-refractivity contribution in [1.82, 2.24) is 4.90 Å². The predicted molar refractivity (Wildman–Crippen MR) is 108 cm³/mol. The Morgan fingerprint density at radius 2 is 1.67 bits per heavy atom. The van der Waals surface area contributed by atoms with Crippen LogP contribution in [0, 0.1) is 11.3 Å². The van der Waals surface area contributed by atoms with Gasteiger partial charge in [-0.3, -0.25) is 0 Å². The van der Waals surface area contributed by atoms with Crippen LogP contribution in [0.4, 0.5) is 5.69 Å². The van der Waals surface area contributed by atoms with Crippen LogP contribution in [0.2, 0.25) is 10.0 Å². The van der Waals surface area contributed by atoms with E-state index in [0.717, 1.165) is 5.69 Å². The molecule has 1 saturated heterocycles. The van der Waals surface area contributed by atoms with Crippen molar-refractivity contribution in [3.8, 4) is 6.07 Å². The van der Waals surface area contributed by atoms with E-state index in [0.29, 0.717) is 36.2 Å². The Labute approximate surface area is 168 Å². The lowest BCUT2D eigenvalue weighted by molar-refractivity contribution is 0.348.